The highest BCUT2D eigenvalue weighted by Crippen LogP contribution is 2.40. The number of likely N-dealkylation sites (tertiary alicyclic amines) is 1. The Balaban J connectivity index is 1.35. The van der Waals surface area contributed by atoms with Crippen LogP contribution < -0.4 is 5.32 Å². The maximum absolute atomic E-state index is 13.4. The Labute approximate surface area is 185 Å². The van der Waals surface area contributed by atoms with Crippen LogP contribution in [-0.4, -0.2) is 49.4 Å². The van der Waals surface area contributed by atoms with Gasteiger partial charge in [-0.2, -0.15) is 13.2 Å². The first kappa shape index (κ1) is 21.2. The van der Waals surface area contributed by atoms with E-state index in [2.05, 4.69) is 25.3 Å². The maximum Gasteiger partial charge on any atom is 0.417 e. The van der Waals surface area contributed by atoms with Gasteiger partial charge in [-0.1, -0.05) is 0 Å². The Kier molecular flexibility index (Phi) is 5.18. The first-order valence-electron chi connectivity index (χ1n) is 10.3. The highest BCUT2D eigenvalue weighted by molar-refractivity contribution is 5.98. The number of nitrogens with zero attached hydrogens (tertiary/aromatic N) is 5. The van der Waals surface area contributed by atoms with Gasteiger partial charge in [-0.05, 0) is 43.0 Å². The largest absolute Gasteiger partial charge is 0.417 e. The van der Waals surface area contributed by atoms with Gasteiger partial charge >= 0.3 is 6.18 Å². The van der Waals surface area contributed by atoms with Crippen LogP contribution in [0.3, 0.4) is 0 Å². The summed E-state index contributed by atoms with van der Waals surface area (Å²) in [6, 6.07) is 5.28. The molecule has 1 amide bonds. The van der Waals surface area contributed by atoms with Gasteiger partial charge in [0, 0.05) is 25.0 Å². The van der Waals surface area contributed by atoms with Gasteiger partial charge in [-0.25, -0.2) is 19.3 Å². The molecule has 1 aliphatic heterocycles. The van der Waals surface area contributed by atoms with Crippen LogP contribution in [0.15, 0.2) is 49.1 Å². The van der Waals surface area contributed by atoms with E-state index in [9.17, 15) is 22.4 Å². The van der Waals surface area contributed by atoms with Crippen LogP contribution in [0.4, 0.5) is 23.4 Å². The van der Waals surface area contributed by atoms with E-state index < -0.39 is 17.6 Å². The van der Waals surface area contributed by atoms with Crippen molar-refractivity contribution in [2.24, 2.45) is 5.92 Å². The number of halogens is 4. The van der Waals surface area contributed by atoms with Crippen LogP contribution in [0.25, 0.3) is 11.4 Å². The van der Waals surface area contributed by atoms with Crippen LogP contribution in [0.1, 0.15) is 28.9 Å². The van der Waals surface area contributed by atoms with Gasteiger partial charge in [0.25, 0.3) is 5.91 Å². The number of hydrogen-bond acceptors (Lipinski definition) is 6. The van der Waals surface area contributed by atoms with Crippen LogP contribution in [0.2, 0.25) is 0 Å². The molecule has 2 fully saturated rings. The molecule has 4 heterocycles. The minimum absolute atomic E-state index is 0.147. The molecule has 3 aromatic rings. The number of rotatable bonds is 4. The number of carbonyl (C=O) groups is 1. The summed E-state index contributed by atoms with van der Waals surface area (Å²) in [6.07, 6.45) is 1.46. The summed E-state index contributed by atoms with van der Waals surface area (Å²) in [5.74, 6) is -0.0942. The lowest BCUT2D eigenvalue weighted by Crippen LogP contribution is -2.48. The zero-order chi connectivity index (χ0) is 23.2. The highest BCUT2D eigenvalue weighted by Gasteiger charge is 2.47. The molecule has 5 rings (SSSR count). The number of pyridine rings is 2. The lowest BCUT2D eigenvalue weighted by molar-refractivity contribution is -0.137. The van der Waals surface area contributed by atoms with Gasteiger partial charge < -0.3 is 10.2 Å². The summed E-state index contributed by atoms with van der Waals surface area (Å²) in [6.45, 7) is 0.558. The molecule has 3 atom stereocenters. The molecule has 33 heavy (non-hydrogen) atoms. The normalized spacial score (nSPS) is 21.9. The molecule has 1 N–H and O–H groups in total. The van der Waals surface area contributed by atoms with Gasteiger partial charge in [0.1, 0.15) is 11.5 Å². The quantitative estimate of drug-likeness (QED) is 0.599. The van der Waals surface area contributed by atoms with Gasteiger partial charge in [0.15, 0.2) is 11.6 Å². The van der Waals surface area contributed by atoms with Crippen LogP contribution in [0, 0.1) is 11.7 Å². The number of carbonyl (C=O) groups excluding carboxylic acids is 1. The molecule has 0 aromatic carbocycles. The van der Waals surface area contributed by atoms with Gasteiger partial charge in [0.2, 0.25) is 0 Å². The van der Waals surface area contributed by atoms with Crippen molar-refractivity contribution in [1.29, 1.82) is 0 Å². The fraction of sp³-hybridized carbons (Fsp3) is 0.318. The molecule has 170 valence electrons. The fourth-order valence-corrected chi connectivity index (χ4v) is 4.59. The molecule has 2 aliphatic rings. The molecule has 0 radical (unpaired) electrons. The summed E-state index contributed by atoms with van der Waals surface area (Å²) in [5.41, 5.74) is -0.245. The Hall–Kier alpha value is -3.63. The average molecular weight is 458 g/mol. The van der Waals surface area contributed by atoms with Crippen molar-refractivity contribution in [1.82, 2.24) is 24.8 Å². The number of fused-ring (bicyclic) bond motifs is 2. The molecular formula is C22H18F4N6O. The van der Waals surface area contributed by atoms with E-state index in [4.69, 9.17) is 0 Å². The van der Waals surface area contributed by atoms with Crippen molar-refractivity contribution in [3.8, 4) is 11.4 Å². The van der Waals surface area contributed by atoms with E-state index in [1.807, 2.05) is 0 Å². The van der Waals surface area contributed by atoms with E-state index in [0.717, 1.165) is 37.5 Å². The topological polar surface area (TPSA) is 83.9 Å². The first-order valence-corrected chi connectivity index (χ1v) is 10.3. The Morgan fingerprint density at radius 1 is 1.03 bits per heavy atom. The van der Waals surface area contributed by atoms with Crippen LogP contribution in [0.5, 0.6) is 0 Å². The third-order valence-corrected chi connectivity index (χ3v) is 6.04. The van der Waals surface area contributed by atoms with Crippen molar-refractivity contribution in [3.05, 3.63) is 66.1 Å². The molecule has 1 saturated carbocycles. The second-order valence-electron chi connectivity index (χ2n) is 8.17. The van der Waals surface area contributed by atoms with E-state index in [1.54, 1.807) is 17.0 Å². The third kappa shape index (κ3) is 4.10. The number of aromatic nitrogens is 4. The Bertz CT molecular complexity index is 1170. The predicted molar refractivity (Wildman–Crippen MR) is 109 cm³/mol. The van der Waals surface area contributed by atoms with Crippen molar-refractivity contribution in [2.45, 2.75) is 31.1 Å². The minimum Gasteiger partial charge on any atom is -0.365 e. The van der Waals surface area contributed by atoms with Gasteiger partial charge in [-0.15, -0.1) is 0 Å². The molecule has 3 aromatic heterocycles. The van der Waals surface area contributed by atoms with Crippen molar-refractivity contribution in [3.63, 3.8) is 0 Å². The number of anilines is 1. The van der Waals surface area contributed by atoms with E-state index in [0.29, 0.717) is 17.9 Å². The standard InChI is InChI=1S/C22H18F4N6O/c23-14-9-29-20(30-10-14)15-2-1-5-27-19(15)21(33)32-11-12-6-16(17(32)7-12)31-18-4-3-13(8-28-18)22(24,25)26/h1-5,8-10,12,16-17H,6-7,11H2,(H,28,31)/t12-,16+,17-/m0/s1. The van der Waals surface area contributed by atoms with Crippen molar-refractivity contribution >= 4 is 11.7 Å². The number of alkyl halides is 3. The zero-order valence-corrected chi connectivity index (χ0v) is 17.1. The summed E-state index contributed by atoms with van der Waals surface area (Å²) in [5, 5.41) is 3.18. The molecule has 1 saturated heterocycles. The first-order chi connectivity index (χ1) is 15.8. The molecule has 0 unspecified atom stereocenters. The smallest absolute Gasteiger partial charge is 0.365 e. The van der Waals surface area contributed by atoms with Crippen molar-refractivity contribution in [2.75, 3.05) is 11.9 Å². The van der Waals surface area contributed by atoms with Gasteiger partial charge in [-0.3, -0.25) is 9.78 Å². The lowest BCUT2D eigenvalue weighted by atomic mass is 10.0. The van der Waals surface area contributed by atoms with Gasteiger partial charge in [0.05, 0.1) is 29.6 Å². The number of piperidine rings is 1. The zero-order valence-electron chi connectivity index (χ0n) is 17.1. The van der Waals surface area contributed by atoms with Crippen LogP contribution in [-0.2, 0) is 6.18 Å². The molecule has 2 bridgehead atoms. The predicted octanol–water partition coefficient (Wildman–Crippen LogP) is 3.81. The lowest BCUT2D eigenvalue weighted by Gasteiger charge is -2.34. The summed E-state index contributed by atoms with van der Waals surface area (Å²) >= 11 is 0. The number of hydrogen-bond donors (Lipinski definition) is 1. The van der Waals surface area contributed by atoms with E-state index >= 15 is 0 Å². The SMILES string of the molecule is O=C(c1ncccc1-c1ncc(F)cn1)N1C[C@H]2C[C@@H](Nc3ccc(C(F)(F)F)cn3)[C@@H]1C2. The van der Waals surface area contributed by atoms with Crippen molar-refractivity contribution < 1.29 is 22.4 Å². The molecule has 7 nitrogen and oxygen atoms in total. The van der Waals surface area contributed by atoms with E-state index in [-0.39, 0.29) is 35.4 Å². The second-order valence-corrected chi connectivity index (χ2v) is 8.17. The fourth-order valence-electron chi connectivity index (χ4n) is 4.59. The maximum atomic E-state index is 13.4. The average Bonchev–Trinajstić information content (AvgIpc) is 3.40. The highest BCUT2D eigenvalue weighted by atomic mass is 19.4. The molecule has 1 aliphatic carbocycles. The molecular weight excluding hydrogens is 440 g/mol. The number of amides is 1. The minimum atomic E-state index is -4.45. The third-order valence-electron chi connectivity index (χ3n) is 6.04. The molecule has 0 spiro atoms. The Morgan fingerprint density at radius 3 is 2.48 bits per heavy atom. The number of nitrogens with one attached hydrogen (secondary N) is 1. The summed E-state index contributed by atoms with van der Waals surface area (Å²) < 4.78 is 51.6. The van der Waals surface area contributed by atoms with E-state index in [1.165, 1.54) is 12.3 Å². The second kappa shape index (κ2) is 8.05. The Morgan fingerprint density at radius 2 is 1.82 bits per heavy atom. The summed E-state index contributed by atoms with van der Waals surface area (Å²) in [7, 11) is 0. The summed E-state index contributed by atoms with van der Waals surface area (Å²) in [4.78, 5) is 31.2. The monoisotopic (exact) mass is 458 g/mol. The molecule has 11 heteroatoms. The van der Waals surface area contributed by atoms with Crippen LogP contribution >= 0.6 is 0 Å².